The monoisotopic (exact) mass is 261 g/mol. The van der Waals surface area contributed by atoms with Crippen molar-refractivity contribution in [1.82, 2.24) is 5.32 Å². The van der Waals surface area contributed by atoms with Crippen LogP contribution in [0.4, 0.5) is 0 Å². The summed E-state index contributed by atoms with van der Waals surface area (Å²) in [6, 6.07) is 16.1. The Morgan fingerprint density at radius 1 is 1.06 bits per heavy atom. The fourth-order valence-electron chi connectivity index (χ4n) is 2.01. The summed E-state index contributed by atoms with van der Waals surface area (Å²) in [6.45, 7) is 0. The maximum absolute atomic E-state index is 6.03. The summed E-state index contributed by atoms with van der Waals surface area (Å²) in [7, 11) is 3.61. The second-order valence-corrected chi connectivity index (χ2v) is 4.49. The lowest BCUT2D eigenvalue weighted by molar-refractivity contribution is 0.414. The van der Waals surface area contributed by atoms with Gasteiger partial charge in [0.05, 0.1) is 13.2 Å². The van der Waals surface area contributed by atoms with Crippen molar-refractivity contribution in [2.75, 3.05) is 14.2 Å². The maximum Gasteiger partial charge on any atom is 0.118 e. The smallest absolute Gasteiger partial charge is 0.118 e. The molecule has 2 rings (SSSR count). The van der Waals surface area contributed by atoms with Crippen molar-refractivity contribution >= 4 is 11.6 Å². The van der Waals surface area contributed by atoms with Gasteiger partial charge in [0.15, 0.2) is 0 Å². The normalized spacial score (nSPS) is 12.2. The highest BCUT2D eigenvalue weighted by Gasteiger charge is 2.11. The number of halogens is 1. The average Bonchev–Trinajstić information content (AvgIpc) is 2.40. The van der Waals surface area contributed by atoms with Crippen LogP contribution in [0.5, 0.6) is 5.75 Å². The molecule has 0 aliphatic carbocycles. The lowest BCUT2D eigenvalue weighted by atomic mass is 9.99. The molecule has 2 aromatic rings. The van der Waals surface area contributed by atoms with E-state index in [9.17, 15) is 0 Å². The van der Waals surface area contributed by atoms with Crippen molar-refractivity contribution < 1.29 is 4.74 Å². The van der Waals surface area contributed by atoms with Crippen LogP contribution in [0.3, 0.4) is 0 Å². The Balaban J connectivity index is 2.32. The molecule has 0 spiro atoms. The number of rotatable bonds is 4. The van der Waals surface area contributed by atoms with Gasteiger partial charge in [-0.1, -0.05) is 35.9 Å². The lowest BCUT2D eigenvalue weighted by Gasteiger charge is -2.17. The number of methoxy groups -OCH3 is 1. The molecular formula is C15H16ClNO. The van der Waals surface area contributed by atoms with E-state index in [1.807, 2.05) is 37.4 Å². The van der Waals surface area contributed by atoms with Crippen molar-refractivity contribution in [3.8, 4) is 5.75 Å². The molecule has 0 heterocycles. The highest BCUT2D eigenvalue weighted by Crippen LogP contribution is 2.25. The number of nitrogens with one attached hydrogen (secondary N) is 1. The molecule has 0 saturated carbocycles. The first-order valence-corrected chi connectivity index (χ1v) is 6.19. The van der Waals surface area contributed by atoms with Crippen molar-refractivity contribution in [2.24, 2.45) is 0 Å². The van der Waals surface area contributed by atoms with E-state index in [0.717, 1.165) is 16.3 Å². The van der Waals surface area contributed by atoms with Crippen LogP contribution in [-0.2, 0) is 0 Å². The largest absolute Gasteiger partial charge is 0.497 e. The molecule has 2 nitrogen and oxygen atoms in total. The molecule has 2 aromatic carbocycles. The molecule has 0 fully saturated rings. The van der Waals surface area contributed by atoms with Gasteiger partial charge in [-0.3, -0.25) is 0 Å². The fraction of sp³-hybridized carbons (Fsp3) is 0.200. The third-order valence-electron chi connectivity index (χ3n) is 2.92. The first-order valence-electron chi connectivity index (χ1n) is 5.81. The predicted molar refractivity (Wildman–Crippen MR) is 75.3 cm³/mol. The van der Waals surface area contributed by atoms with Gasteiger partial charge in [0.2, 0.25) is 0 Å². The first kappa shape index (κ1) is 12.9. The highest BCUT2D eigenvalue weighted by molar-refractivity contribution is 6.30. The molecule has 0 aliphatic rings. The van der Waals surface area contributed by atoms with Crippen LogP contribution in [0.25, 0.3) is 0 Å². The molecule has 0 aromatic heterocycles. The predicted octanol–water partition coefficient (Wildman–Crippen LogP) is 3.66. The quantitative estimate of drug-likeness (QED) is 0.907. The SMILES string of the molecule is CNC(c1ccc(OC)cc1)c1cccc(Cl)c1. The van der Waals surface area contributed by atoms with E-state index in [2.05, 4.69) is 23.5 Å². The van der Waals surface area contributed by atoms with Crippen LogP contribution in [-0.4, -0.2) is 14.2 Å². The molecule has 18 heavy (non-hydrogen) atoms. The zero-order chi connectivity index (χ0) is 13.0. The molecule has 3 heteroatoms. The van der Waals surface area contributed by atoms with Crippen LogP contribution in [0.15, 0.2) is 48.5 Å². The van der Waals surface area contributed by atoms with E-state index in [1.165, 1.54) is 5.56 Å². The topological polar surface area (TPSA) is 21.3 Å². The molecule has 0 radical (unpaired) electrons. The Labute approximate surface area is 113 Å². The second kappa shape index (κ2) is 5.89. The Hall–Kier alpha value is -1.51. The van der Waals surface area contributed by atoms with Crippen LogP contribution >= 0.6 is 11.6 Å². The Morgan fingerprint density at radius 2 is 1.78 bits per heavy atom. The van der Waals surface area contributed by atoms with Crippen LogP contribution in [0.2, 0.25) is 5.02 Å². The third-order valence-corrected chi connectivity index (χ3v) is 3.15. The molecule has 1 atom stereocenters. The molecule has 0 saturated heterocycles. The zero-order valence-electron chi connectivity index (χ0n) is 10.5. The van der Waals surface area contributed by atoms with Gasteiger partial charge in [0.25, 0.3) is 0 Å². The third kappa shape index (κ3) is 2.84. The lowest BCUT2D eigenvalue weighted by Crippen LogP contribution is -2.17. The van der Waals surface area contributed by atoms with Gasteiger partial charge in [-0.2, -0.15) is 0 Å². The van der Waals surface area contributed by atoms with E-state index < -0.39 is 0 Å². The van der Waals surface area contributed by atoms with Gasteiger partial charge in [0.1, 0.15) is 5.75 Å². The number of benzene rings is 2. The minimum Gasteiger partial charge on any atom is -0.497 e. The first-order chi connectivity index (χ1) is 8.74. The van der Waals surface area contributed by atoms with Crippen LogP contribution in [0.1, 0.15) is 17.2 Å². The van der Waals surface area contributed by atoms with Crippen molar-refractivity contribution in [3.63, 3.8) is 0 Å². The minimum atomic E-state index is 0.134. The second-order valence-electron chi connectivity index (χ2n) is 4.05. The Kier molecular flexibility index (Phi) is 4.24. The summed E-state index contributed by atoms with van der Waals surface area (Å²) >= 11 is 6.03. The molecule has 0 bridgehead atoms. The summed E-state index contributed by atoms with van der Waals surface area (Å²) in [5.74, 6) is 0.861. The van der Waals surface area contributed by atoms with Crippen LogP contribution < -0.4 is 10.1 Å². The van der Waals surface area contributed by atoms with Crippen molar-refractivity contribution in [2.45, 2.75) is 6.04 Å². The average molecular weight is 262 g/mol. The summed E-state index contributed by atoms with van der Waals surface area (Å²) in [4.78, 5) is 0. The fourth-order valence-corrected chi connectivity index (χ4v) is 2.21. The van der Waals surface area contributed by atoms with E-state index in [0.29, 0.717) is 0 Å². The van der Waals surface area contributed by atoms with E-state index in [1.54, 1.807) is 7.11 Å². The van der Waals surface area contributed by atoms with Gasteiger partial charge >= 0.3 is 0 Å². The maximum atomic E-state index is 6.03. The van der Waals surface area contributed by atoms with Crippen molar-refractivity contribution in [1.29, 1.82) is 0 Å². The van der Waals surface area contributed by atoms with Gasteiger partial charge in [-0.05, 0) is 42.4 Å². The van der Waals surface area contributed by atoms with E-state index >= 15 is 0 Å². The van der Waals surface area contributed by atoms with Crippen LogP contribution in [0, 0.1) is 0 Å². The number of hydrogen-bond acceptors (Lipinski definition) is 2. The van der Waals surface area contributed by atoms with Crippen molar-refractivity contribution in [3.05, 3.63) is 64.7 Å². The van der Waals surface area contributed by atoms with Gasteiger partial charge in [-0.15, -0.1) is 0 Å². The summed E-state index contributed by atoms with van der Waals surface area (Å²) < 4.78 is 5.17. The van der Waals surface area contributed by atoms with E-state index in [-0.39, 0.29) is 6.04 Å². The molecule has 1 N–H and O–H groups in total. The highest BCUT2D eigenvalue weighted by atomic mass is 35.5. The van der Waals surface area contributed by atoms with Gasteiger partial charge in [-0.25, -0.2) is 0 Å². The molecule has 1 unspecified atom stereocenters. The molecule has 0 aliphatic heterocycles. The Bertz CT molecular complexity index is 510. The van der Waals surface area contributed by atoms with Gasteiger partial charge < -0.3 is 10.1 Å². The number of ether oxygens (including phenoxy) is 1. The van der Waals surface area contributed by atoms with E-state index in [4.69, 9.17) is 16.3 Å². The summed E-state index contributed by atoms with van der Waals surface area (Å²) in [5.41, 5.74) is 2.33. The number of hydrogen-bond donors (Lipinski definition) is 1. The minimum absolute atomic E-state index is 0.134. The zero-order valence-corrected chi connectivity index (χ0v) is 11.2. The summed E-state index contributed by atoms with van der Waals surface area (Å²) in [6.07, 6.45) is 0. The van der Waals surface area contributed by atoms with Gasteiger partial charge in [0, 0.05) is 5.02 Å². The molecular weight excluding hydrogens is 246 g/mol. The summed E-state index contributed by atoms with van der Waals surface area (Å²) in [5, 5.41) is 4.05. The molecule has 94 valence electrons. The standard InChI is InChI=1S/C15H16ClNO/c1-17-15(12-4-3-5-13(16)10-12)11-6-8-14(18-2)9-7-11/h3-10,15,17H,1-2H3. The molecule has 0 amide bonds. The Morgan fingerprint density at radius 3 is 2.33 bits per heavy atom.